The molecule has 1 fully saturated rings. The summed E-state index contributed by atoms with van der Waals surface area (Å²) in [6.45, 7) is 1.74. The van der Waals surface area contributed by atoms with Crippen LogP contribution in [0.25, 0.3) is 0 Å². The number of ether oxygens (including phenoxy) is 2. The van der Waals surface area contributed by atoms with Crippen molar-refractivity contribution >= 4 is 5.91 Å². The second-order valence-corrected chi connectivity index (χ2v) is 1.79. The first-order valence-electron chi connectivity index (χ1n) is 2.76. The highest BCUT2D eigenvalue weighted by atomic mass is 16.9. The average Bonchev–Trinajstić information content (AvgIpc) is 1.79. The van der Waals surface area contributed by atoms with E-state index in [0.29, 0.717) is 0 Å². The Labute approximate surface area is 53.1 Å². The molecule has 4 heteroatoms. The molecule has 0 atom stereocenters. The molecule has 0 aromatic carbocycles. The van der Waals surface area contributed by atoms with Crippen molar-refractivity contribution in [1.82, 2.24) is 5.32 Å². The van der Waals surface area contributed by atoms with Gasteiger partial charge >= 0.3 is 0 Å². The van der Waals surface area contributed by atoms with Crippen LogP contribution in [0.4, 0.5) is 0 Å². The first-order valence-corrected chi connectivity index (χ1v) is 2.76. The topological polar surface area (TPSA) is 47.6 Å². The molecular formula is C5H9NO3. The molecule has 0 aromatic heterocycles. The SMILES string of the molecule is CNC(=O)C1OC(C)O1. The zero-order valence-corrected chi connectivity index (χ0v) is 5.38. The molecule has 1 N–H and O–H groups in total. The van der Waals surface area contributed by atoms with E-state index in [1.165, 1.54) is 7.05 Å². The zero-order valence-electron chi connectivity index (χ0n) is 5.38. The van der Waals surface area contributed by atoms with Gasteiger partial charge in [0.1, 0.15) is 0 Å². The van der Waals surface area contributed by atoms with Gasteiger partial charge in [-0.25, -0.2) is 0 Å². The zero-order chi connectivity index (χ0) is 6.85. The van der Waals surface area contributed by atoms with E-state index in [-0.39, 0.29) is 12.2 Å². The van der Waals surface area contributed by atoms with Crippen molar-refractivity contribution in [3.05, 3.63) is 0 Å². The van der Waals surface area contributed by atoms with Crippen molar-refractivity contribution in [3.63, 3.8) is 0 Å². The van der Waals surface area contributed by atoms with E-state index in [2.05, 4.69) is 5.32 Å². The molecule has 0 spiro atoms. The Kier molecular flexibility index (Phi) is 1.68. The third kappa shape index (κ3) is 1.20. The van der Waals surface area contributed by atoms with E-state index in [4.69, 9.17) is 9.47 Å². The summed E-state index contributed by atoms with van der Waals surface area (Å²) in [6.07, 6.45) is -0.905. The summed E-state index contributed by atoms with van der Waals surface area (Å²) in [5, 5.41) is 2.40. The standard InChI is InChI=1S/C5H9NO3/c1-3-8-5(9-3)4(7)6-2/h3,5H,1-2H3,(H,6,7). The molecule has 0 bridgehead atoms. The van der Waals surface area contributed by atoms with Crippen molar-refractivity contribution in [3.8, 4) is 0 Å². The molecule has 0 radical (unpaired) electrons. The van der Waals surface area contributed by atoms with Gasteiger partial charge in [0.05, 0.1) is 0 Å². The second-order valence-electron chi connectivity index (χ2n) is 1.79. The Bertz CT molecular complexity index is 119. The quantitative estimate of drug-likeness (QED) is 0.519. The van der Waals surface area contributed by atoms with Crippen molar-refractivity contribution in [2.24, 2.45) is 0 Å². The van der Waals surface area contributed by atoms with Gasteiger partial charge in [0, 0.05) is 7.05 Å². The fourth-order valence-corrected chi connectivity index (χ4v) is 0.600. The maximum Gasteiger partial charge on any atom is 0.276 e. The molecular weight excluding hydrogens is 122 g/mol. The molecule has 1 heterocycles. The van der Waals surface area contributed by atoms with Crippen molar-refractivity contribution in [2.45, 2.75) is 19.5 Å². The van der Waals surface area contributed by atoms with E-state index in [9.17, 15) is 4.79 Å². The Hall–Kier alpha value is -0.610. The fraction of sp³-hybridized carbons (Fsp3) is 0.800. The molecule has 1 amide bonds. The van der Waals surface area contributed by atoms with Crippen LogP contribution in [-0.2, 0) is 14.3 Å². The number of rotatable bonds is 1. The Morgan fingerprint density at radius 1 is 1.56 bits per heavy atom. The number of carbonyl (C=O) groups is 1. The van der Waals surface area contributed by atoms with Crippen LogP contribution in [0.5, 0.6) is 0 Å². The lowest BCUT2D eigenvalue weighted by atomic mass is 10.5. The van der Waals surface area contributed by atoms with E-state index in [1.54, 1.807) is 6.92 Å². The van der Waals surface area contributed by atoms with Gasteiger partial charge in [-0.15, -0.1) is 0 Å². The van der Waals surface area contributed by atoms with Crippen LogP contribution < -0.4 is 5.32 Å². The first-order chi connectivity index (χ1) is 4.24. The van der Waals surface area contributed by atoms with Crippen LogP contribution in [0.15, 0.2) is 0 Å². The molecule has 1 aliphatic rings. The smallest absolute Gasteiger partial charge is 0.276 e. The molecule has 1 saturated heterocycles. The molecule has 9 heavy (non-hydrogen) atoms. The molecule has 4 nitrogen and oxygen atoms in total. The van der Waals surface area contributed by atoms with E-state index >= 15 is 0 Å². The summed E-state index contributed by atoms with van der Waals surface area (Å²) in [5.41, 5.74) is 0. The maximum absolute atomic E-state index is 10.6. The summed E-state index contributed by atoms with van der Waals surface area (Å²) in [7, 11) is 1.54. The minimum atomic E-state index is -0.676. The summed E-state index contributed by atoms with van der Waals surface area (Å²) in [6, 6.07) is 0. The summed E-state index contributed by atoms with van der Waals surface area (Å²) in [4.78, 5) is 10.6. The van der Waals surface area contributed by atoms with Gasteiger partial charge in [-0.2, -0.15) is 0 Å². The largest absolute Gasteiger partial charge is 0.355 e. The van der Waals surface area contributed by atoms with E-state index in [0.717, 1.165) is 0 Å². The number of carbonyl (C=O) groups excluding carboxylic acids is 1. The van der Waals surface area contributed by atoms with Gasteiger partial charge in [0.15, 0.2) is 6.29 Å². The van der Waals surface area contributed by atoms with Gasteiger partial charge in [-0.05, 0) is 6.92 Å². The van der Waals surface area contributed by atoms with Crippen LogP contribution in [0.1, 0.15) is 6.92 Å². The average molecular weight is 131 g/mol. The highest BCUT2D eigenvalue weighted by Gasteiger charge is 2.32. The molecule has 0 saturated carbocycles. The number of amides is 1. The van der Waals surface area contributed by atoms with Crippen LogP contribution in [0.3, 0.4) is 0 Å². The van der Waals surface area contributed by atoms with Crippen LogP contribution >= 0.6 is 0 Å². The third-order valence-electron chi connectivity index (χ3n) is 1.09. The van der Waals surface area contributed by atoms with Gasteiger partial charge in [0.25, 0.3) is 5.91 Å². The van der Waals surface area contributed by atoms with Gasteiger partial charge < -0.3 is 14.8 Å². The fourth-order valence-electron chi connectivity index (χ4n) is 0.600. The van der Waals surface area contributed by atoms with Gasteiger partial charge in [0.2, 0.25) is 6.29 Å². The third-order valence-corrected chi connectivity index (χ3v) is 1.09. The normalized spacial score (nSPS) is 33.1. The Balaban J connectivity index is 2.23. The van der Waals surface area contributed by atoms with Crippen LogP contribution in [0, 0.1) is 0 Å². The number of hydrogen-bond donors (Lipinski definition) is 1. The lowest BCUT2D eigenvalue weighted by Crippen LogP contribution is -2.48. The number of nitrogens with one attached hydrogen (secondary N) is 1. The lowest BCUT2D eigenvalue weighted by Gasteiger charge is -2.31. The lowest BCUT2D eigenvalue weighted by molar-refractivity contribution is -0.357. The first kappa shape index (κ1) is 6.51. The highest BCUT2D eigenvalue weighted by molar-refractivity contribution is 5.79. The monoisotopic (exact) mass is 131 g/mol. The van der Waals surface area contributed by atoms with Gasteiger partial charge in [-0.1, -0.05) is 0 Å². The van der Waals surface area contributed by atoms with Crippen LogP contribution in [0.2, 0.25) is 0 Å². The predicted octanol–water partition coefficient (Wildman–Crippen LogP) is -0.549. The molecule has 1 rings (SSSR count). The summed E-state index contributed by atoms with van der Waals surface area (Å²) < 4.78 is 9.71. The van der Waals surface area contributed by atoms with E-state index in [1.807, 2.05) is 0 Å². The minimum absolute atomic E-state index is 0.229. The molecule has 52 valence electrons. The van der Waals surface area contributed by atoms with Gasteiger partial charge in [-0.3, -0.25) is 4.79 Å². The van der Waals surface area contributed by atoms with Crippen molar-refractivity contribution in [1.29, 1.82) is 0 Å². The Morgan fingerprint density at radius 2 is 2.11 bits per heavy atom. The van der Waals surface area contributed by atoms with Crippen molar-refractivity contribution < 1.29 is 14.3 Å². The number of likely N-dealkylation sites (N-methyl/N-ethyl adjacent to an activating group) is 1. The van der Waals surface area contributed by atoms with Crippen molar-refractivity contribution in [2.75, 3.05) is 7.05 Å². The molecule has 0 aromatic rings. The predicted molar refractivity (Wildman–Crippen MR) is 29.5 cm³/mol. The van der Waals surface area contributed by atoms with Crippen LogP contribution in [-0.4, -0.2) is 25.5 Å². The molecule has 0 unspecified atom stereocenters. The number of hydrogen-bond acceptors (Lipinski definition) is 3. The highest BCUT2D eigenvalue weighted by Crippen LogP contribution is 2.14. The minimum Gasteiger partial charge on any atom is -0.355 e. The van der Waals surface area contributed by atoms with E-state index < -0.39 is 6.29 Å². The molecule has 1 aliphatic heterocycles. The molecule has 0 aliphatic carbocycles. The Morgan fingerprint density at radius 3 is 2.44 bits per heavy atom. The summed E-state index contributed by atoms with van der Waals surface area (Å²) >= 11 is 0. The second kappa shape index (κ2) is 2.33. The summed E-state index contributed by atoms with van der Waals surface area (Å²) in [5.74, 6) is -0.229. The maximum atomic E-state index is 10.6.